The van der Waals surface area contributed by atoms with E-state index in [9.17, 15) is 9.59 Å². The van der Waals surface area contributed by atoms with Crippen LogP contribution in [-0.4, -0.2) is 30.7 Å². The molecule has 0 radical (unpaired) electrons. The van der Waals surface area contributed by atoms with Gasteiger partial charge in [0.25, 0.3) is 5.91 Å². The standard InChI is InChI=1S/C20H23NO5/c1-3-12-26-18-10-4-14(5-11-19(22)23)13-17(18)21-20(24)15-6-8-16(25-2)9-7-15/h4,6-10,13H,3,5,11-12H2,1-2H3,(H,21,24)(H,22,23). The Bertz CT molecular complexity index is 755. The maximum absolute atomic E-state index is 12.5. The summed E-state index contributed by atoms with van der Waals surface area (Å²) in [5, 5.41) is 11.7. The van der Waals surface area contributed by atoms with Crippen molar-refractivity contribution in [2.24, 2.45) is 0 Å². The number of hydrogen-bond acceptors (Lipinski definition) is 4. The fourth-order valence-electron chi connectivity index (χ4n) is 2.36. The number of amides is 1. The van der Waals surface area contributed by atoms with Gasteiger partial charge in [0.1, 0.15) is 11.5 Å². The van der Waals surface area contributed by atoms with Crippen LogP contribution in [0.2, 0.25) is 0 Å². The van der Waals surface area contributed by atoms with Crippen LogP contribution in [-0.2, 0) is 11.2 Å². The van der Waals surface area contributed by atoms with Crippen molar-refractivity contribution in [3.05, 3.63) is 53.6 Å². The third-order valence-corrected chi connectivity index (χ3v) is 3.73. The van der Waals surface area contributed by atoms with E-state index in [4.69, 9.17) is 14.6 Å². The number of nitrogens with one attached hydrogen (secondary N) is 1. The molecule has 0 aliphatic heterocycles. The number of hydrogen-bond donors (Lipinski definition) is 2. The van der Waals surface area contributed by atoms with Crippen LogP contribution in [0.3, 0.4) is 0 Å². The zero-order chi connectivity index (χ0) is 18.9. The van der Waals surface area contributed by atoms with Gasteiger partial charge in [-0.1, -0.05) is 13.0 Å². The van der Waals surface area contributed by atoms with Crippen molar-refractivity contribution >= 4 is 17.6 Å². The average Bonchev–Trinajstić information content (AvgIpc) is 2.65. The van der Waals surface area contributed by atoms with Gasteiger partial charge in [-0.2, -0.15) is 0 Å². The van der Waals surface area contributed by atoms with Crippen molar-refractivity contribution in [3.63, 3.8) is 0 Å². The second kappa shape index (κ2) is 9.46. The normalized spacial score (nSPS) is 10.2. The van der Waals surface area contributed by atoms with Crippen LogP contribution in [0, 0.1) is 0 Å². The Morgan fingerprint density at radius 1 is 1.12 bits per heavy atom. The van der Waals surface area contributed by atoms with E-state index in [1.165, 1.54) is 0 Å². The molecule has 2 aromatic rings. The highest BCUT2D eigenvalue weighted by atomic mass is 16.5. The van der Waals surface area contributed by atoms with Gasteiger partial charge in [-0.3, -0.25) is 9.59 Å². The molecule has 0 spiro atoms. The Morgan fingerprint density at radius 2 is 1.85 bits per heavy atom. The summed E-state index contributed by atoms with van der Waals surface area (Å²) in [6.07, 6.45) is 1.25. The van der Waals surface area contributed by atoms with E-state index in [0.29, 0.717) is 35.8 Å². The van der Waals surface area contributed by atoms with E-state index in [0.717, 1.165) is 12.0 Å². The van der Waals surface area contributed by atoms with Gasteiger partial charge in [-0.25, -0.2) is 0 Å². The summed E-state index contributed by atoms with van der Waals surface area (Å²) in [7, 11) is 1.56. The molecule has 1 amide bonds. The summed E-state index contributed by atoms with van der Waals surface area (Å²) >= 11 is 0. The van der Waals surface area contributed by atoms with Crippen molar-refractivity contribution < 1.29 is 24.2 Å². The quantitative estimate of drug-likeness (QED) is 0.714. The summed E-state index contributed by atoms with van der Waals surface area (Å²) in [5.74, 6) is 0.0986. The molecular formula is C20H23NO5. The third-order valence-electron chi connectivity index (χ3n) is 3.73. The van der Waals surface area contributed by atoms with Crippen molar-refractivity contribution in [2.75, 3.05) is 19.0 Å². The second-order valence-corrected chi connectivity index (χ2v) is 5.76. The van der Waals surface area contributed by atoms with Crippen LogP contribution in [0.4, 0.5) is 5.69 Å². The first kappa shape index (κ1) is 19.3. The zero-order valence-electron chi connectivity index (χ0n) is 15.0. The number of methoxy groups -OCH3 is 1. The number of aryl methyl sites for hydroxylation is 1. The molecular weight excluding hydrogens is 334 g/mol. The lowest BCUT2D eigenvalue weighted by molar-refractivity contribution is -0.136. The van der Waals surface area contributed by atoms with Gasteiger partial charge in [0.15, 0.2) is 0 Å². The van der Waals surface area contributed by atoms with Gasteiger partial charge in [0, 0.05) is 12.0 Å². The number of anilines is 1. The number of benzene rings is 2. The van der Waals surface area contributed by atoms with Crippen molar-refractivity contribution in [1.82, 2.24) is 0 Å². The number of carboxylic acid groups (broad SMARTS) is 1. The lowest BCUT2D eigenvalue weighted by Gasteiger charge is -2.14. The minimum Gasteiger partial charge on any atom is -0.497 e. The van der Waals surface area contributed by atoms with Gasteiger partial charge in [-0.05, 0) is 54.8 Å². The van der Waals surface area contributed by atoms with E-state index in [1.807, 2.05) is 13.0 Å². The monoisotopic (exact) mass is 357 g/mol. The highest BCUT2D eigenvalue weighted by Crippen LogP contribution is 2.27. The van der Waals surface area contributed by atoms with Crippen LogP contribution in [0.5, 0.6) is 11.5 Å². The zero-order valence-corrected chi connectivity index (χ0v) is 15.0. The minimum absolute atomic E-state index is 0.0288. The summed E-state index contributed by atoms with van der Waals surface area (Å²) in [5.41, 5.74) is 1.84. The molecule has 6 nitrogen and oxygen atoms in total. The van der Waals surface area contributed by atoms with Crippen LogP contribution < -0.4 is 14.8 Å². The first-order chi connectivity index (χ1) is 12.5. The summed E-state index contributed by atoms with van der Waals surface area (Å²) in [4.78, 5) is 23.3. The highest BCUT2D eigenvalue weighted by Gasteiger charge is 2.12. The lowest BCUT2D eigenvalue weighted by Crippen LogP contribution is -2.13. The fourth-order valence-corrected chi connectivity index (χ4v) is 2.36. The van der Waals surface area contributed by atoms with Crippen LogP contribution >= 0.6 is 0 Å². The highest BCUT2D eigenvalue weighted by molar-refractivity contribution is 6.05. The summed E-state index contributed by atoms with van der Waals surface area (Å²) < 4.78 is 10.8. The second-order valence-electron chi connectivity index (χ2n) is 5.76. The number of carbonyl (C=O) groups is 2. The molecule has 0 heterocycles. The van der Waals surface area contributed by atoms with E-state index >= 15 is 0 Å². The smallest absolute Gasteiger partial charge is 0.303 e. The van der Waals surface area contributed by atoms with E-state index in [1.54, 1.807) is 43.5 Å². The van der Waals surface area contributed by atoms with Crippen molar-refractivity contribution in [2.45, 2.75) is 26.2 Å². The predicted octanol–water partition coefficient (Wildman–Crippen LogP) is 3.75. The molecule has 0 saturated heterocycles. The predicted molar refractivity (Wildman–Crippen MR) is 99.1 cm³/mol. The molecule has 0 atom stereocenters. The van der Waals surface area contributed by atoms with Crippen LogP contribution in [0.15, 0.2) is 42.5 Å². The average molecular weight is 357 g/mol. The topological polar surface area (TPSA) is 84.9 Å². The number of carboxylic acids is 1. The van der Waals surface area contributed by atoms with Gasteiger partial charge in [0.2, 0.25) is 0 Å². The van der Waals surface area contributed by atoms with Gasteiger partial charge in [-0.15, -0.1) is 0 Å². The van der Waals surface area contributed by atoms with Gasteiger partial charge >= 0.3 is 5.97 Å². The molecule has 6 heteroatoms. The van der Waals surface area contributed by atoms with E-state index in [2.05, 4.69) is 5.32 Å². The largest absolute Gasteiger partial charge is 0.497 e. The number of ether oxygens (including phenoxy) is 2. The Hall–Kier alpha value is -3.02. The molecule has 0 aliphatic carbocycles. The Labute approximate surface area is 152 Å². The molecule has 138 valence electrons. The molecule has 0 saturated carbocycles. The van der Waals surface area contributed by atoms with E-state index < -0.39 is 5.97 Å². The summed E-state index contributed by atoms with van der Waals surface area (Å²) in [6, 6.07) is 12.1. The molecule has 26 heavy (non-hydrogen) atoms. The fraction of sp³-hybridized carbons (Fsp3) is 0.300. The van der Waals surface area contributed by atoms with Crippen LogP contribution in [0.25, 0.3) is 0 Å². The van der Waals surface area contributed by atoms with Crippen LogP contribution in [0.1, 0.15) is 35.7 Å². The van der Waals surface area contributed by atoms with Gasteiger partial charge in [0.05, 0.1) is 19.4 Å². The summed E-state index contributed by atoms with van der Waals surface area (Å²) in [6.45, 7) is 2.52. The maximum atomic E-state index is 12.5. The number of aliphatic carboxylic acids is 1. The molecule has 2 rings (SSSR count). The molecule has 0 bridgehead atoms. The van der Waals surface area contributed by atoms with Crippen molar-refractivity contribution in [1.29, 1.82) is 0 Å². The molecule has 0 unspecified atom stereocenters. The molecule has 2 N–H and O–H groups in total. The minimum atomic E-state index is -0.861. The Kier molecular flexibility index (Phi) is 7.02. The van der Waals surface area contributed by atoms with Gasteiger partial charge < -0.3 is 19.9 Å². The Balaban J connectivity index is 2.20. The first-order valence-corrected chi connectivity index (χ1v) is 8.46. The number of rotatable bonds is 9. The SMILES string of the molecule is CCCOc1ccc(CCC(=O)O)cc1NC(=O)c1ccc(OC)cc1. The third kappa shape index (κ3) is 5.51. The Morgan fingerprint density at radius 3 is 2.46 bits per heavy atom. The molecule has 0 aliphatic rings. The molecule has 0 aromatic heterocycles. The molecule has 0 fully saturated rings. The van der Waals surface area contributed by atoms with E-state index in [-0.39, 0.29) is 12.3 Å². The maximum Gasteiger partial charge on any atom is 0.303 e. The first-order valence-electron chi connectivity index (χ1n) is 8.46. The van der Waals surface area contributed by atoms with Crippen molar-refractivity contribution in [3.8, 4) is 11.5 Å². The number of carbonyl (C=O) groups excluding carboxylic acids is 1. The molecule has 2 aromatic carbocycles. The lowest BCUT2D eigenvalue weighted by atomic mass is 10.1.